The van der Waals surface area contributed by atoms with Gasteiger partial charge in [0.05, 0.1) is 19.4 Å². The zero-order valence-electron chi connectivity index (χ0n) is 7.04. The van der Waals surface area contributed by atoms with E-state index in [2.05, 4.69) is 15.3 Å². The summed E-state index contributed by atoms with van der Waals surface area (Å²) in [7, 11) is 0. The molecule has 14 heavy (non-hydrogen) atoms. The topological polar surface area (TPSA) is 94.8 Å². The van der Waals surface area contributed by atoms with Gasteiger partial charge < -0.3 is 15.3 Å². The highest BCUT2D eigenvalue weighted by Gasteiger charge is 2.01. The third kappa shape index (κ3) is 7.10. The van der Waals surface area contributed by atoms with Crippen molar-refractivity contribution in [3.05, 3.63) is 0 Å². The van der Waals surface area contributed by atoms with Crippen molar-refractivity contribution in [1.82, 2.24) is 5.43 Å². The first kappa shape index (κ1) is 12.4. The number of hydrazone groups is 1. The van der Waals surface area contributed by atoms with Crippen LogP contribution in [0, 0.1) is 5.41 Å². The second-order valence-corrected chi connectivity index (χ2v) is 2.02. The summed E-state index contributed by atoms with van der Waals surface area (Å²) in [5.74, 6) is -1.42. The molecule has 80 valence electrons. The van der Waals surface area contributed by atoms with Crippen molar-refractivity contribution >= 4 is 17.9 Å². The number of hydrogen-bond donors (Lipinski definition) is 3. The predicted octanol–water partition coefficient (Wildman–Crippen LogP) is -0.0946. The van der Waals surface area contributed by atoms with Crippen molar-refractivity contribution in [2.75, 3.05) is 13.2 Å². The number of rotatable bonds is 7. The first-order valence-electron chi connectivity index (χ1n) is 3.51. The zero-order chi connectivity index (χ0) is 11.0. The molecule has 0 aliphatic carbocycles. The number of halogens is 2. The van der Waals surface area contributed by atoms with Crippen LogP contribution < -0.4 is 5.43 Å². The van der Waals surface area contributed by atoms with Gasteiger partial charge in [-0.25, -0.2) is 4.79 Å². The molecule has 0 bridgehead atoms. The van der Waals surface area contributed by atoms with Gasteiger partial charge in [-0.1, -0.05) is 0 Å². The summed E-state index contributed by atoms with van der Waals surface area (Å²) in [6.45, 7) is -3.08. The van der Waals surface area contributed by atoms with Gasteiger partial charge in [0.1, 0.15) is 0 Å². The molecular weight excluding hydrogens is 200 g/mol. The fraction of sp³-hybridized carbons (Fsp3) is 0.500. The third-order valence-electron chi connectivity index (χ3n) is 0.973. The average Bonchev–Trinajstić information content (AvgIpc) is 2.09. The fourth-order valence-corrected chi connectivity index (χ4v) is 0.424. The fourth-order valence-electron chi connectivity index (χ4n) is 0.424. The quantitative estimate of drug-likeness (QED) is 0.310. The van der Waals surface area contributed by atoms with Crippen LogP contribution in [0.4, 0.5) is 8.78 Å². The lowest BCUT2D eigenvalue weighted by Gasteiger charge is -2.00. The summed E-state index contributed by atoms with van der Waals surface area (Å²) < 4.78 is 26.6. The van der Waals surface area contributed by atoms with E-state index >= 15 is 0 Å². The molecule has 0 spiro atoms. The van der Waals surface area contributed by atoms with Gasteiger partial charge >= 0.3 is 12.6 Å². The molecule has 6 nitrogen and oxygen atoms in total. The van der Waals surface area contributed by atoms with Crippen LogP contribution >= 0.6 is 0 Å². The molecule has 0 amide bonds. The number of aliphatic carboxylic acids is 1. The van der Waals surface area contributed by atoms with Crippen LogP contribution in [0.3, 0.4) is 0 Å². The summed E-state index contributed by atoms with van der Waals surface area (Å²) in [5.41, 5.74) is 1.53. The molecule has 0 saturated carbocycles. The van der Waals surface area contributed by atoms with Crippen LogP contribution in [0.15, 0.2) is 5.10 Å². The van der Waals surface area contributed by atoms with Gasteiger partial charge in [-0.05, 0) is 0 Å². The Morgan fingerprint density at radius 2 is 2.36 bits per heavy atom. The van der Waals surface area contributed by atoms with E-state index in [9.17, 15) is 13.6 Å². The molecule has 0 aliphatic heterocycles. The second kappa shape index (κ2) is 6.89. The highest BCUT2D eigenvalue weighted by molar-refractivity contribution is 6.57. The number of ether oxygens (including phenoxy) is 1. The lowest BCUT2D eigenvalue weighted by molar-refractivity contribution is -0.129. The number of alkyl halides is 2. The van der Waals surface area contributed by atoms with E-state index in [4.69, 9.17) is 10.5 Å². The van der Waals surface area contributed by atoms with Crippen LogP contribution in [0.1, 0.15) is 0 Å². The Morgan fingerprint density at radius 3 is 2.86 bits per heavy atom. The van der Waals surface area contributed by atoms with E-state index < -0.39 is 18.3 Å². The van der Waals surface area contributed by atoms with Crippen molar-refractivity contribution in [2.45, 2.75) is 6.61 Å². The number of nitrogens with zero attached hydrogens (tertiary/aromatic N) is 1. The predicted molar refractivity (Wildman–Crippen MR) is 43.8 cm³/mol. The van der Waals surface area contributed by atoms with E-state index in [-0.39, 0.29) is 13.2 Å². The molecule has 0 aromatic heterocycles. The summed E-state index contributed by atoms with van der Waals surface area (Å²) in [6, 6.07) is 0. The molecule has 0 atom stereocenters. The highest BCUT2D eigenvalue weighted by atomic mass is 19.3. The molecule has 0 rings (SSSR count). The van der Waals surface area contributed by atoms with Crippen molar-refractivity contribution in [1.29, 1.82) is 5.41 Å². The molecule has 0 radical (unpaired) electrons. The number of hydrogen-bond acceptors (Lipinski definition) is 5. The molecule has 8 heteroatoms. The molecule has 3 N–H and O–H groups in total. The summed E-state index contributed by atoms with van der Waals surface area (Å²) >= 11 is 0. The van der Waals surface area contributed by atoms with Gasteiger partial charge in [0.25, 0.3) is 0 Å². The first-order valence-corrected chi connectivity index (χ1v) is 3.51. The standard InChI is InChI=1S/C6H9F2N3O3/c7-6(8)14-2-1-10-11-3-4(9)5(12)13/h3,6,9-10H,1-2H2,(H,12,13)/b9-4?,11-3-. The van der Waals surface area contributed by atoms with Gasteiger partial charge in [0, 0.05) is 0 Å². The summed E-state index contributed by atoms with van der Waals surface area (Å²) in [5, 5.41) is 18.2. The largest absolute Gasteiger partial charge is 0.476 e. The zero-order valence-corrected chi connectivity index (χ0v) is 7.04. The molecule has 0 unspecified atom stereocenters. The van der Waals surface area contributed by atoms with E-state index in [0.29, 0.717) is 0 Å². The number of carboxylic acid groups (broad SMARTS) is 1. The number of nitrogens with one attached hydrogen (secondary N) is 2. The lowest BCUT2D eigenvalue weighted by atomic mass is 10.4. The molecule has 0 saturated heterocycles. The van der Waals surface area contributed by atoms with Crippen LogP contribution in [0.5, 0.6) is 0 Å². The Labute approximate surface area is 78.1 Å². The third-order valence-corrected chi connectivity index (χ3v) is 0.973. The van der Waals surface area contributed by atoms with Crippen molar-refractivity contribution in [3.8, 4) is 0 Å². The second-order valence-electron chi connectivity index (χ2n) is 2.02. The van der Waals surface area contributed by atoms with Gasteiger partial charge in [0.2, 0.25) is 0 Å². The van der Waals surface area contributed by atoms with Crippen molar-refractivity contribution in [3.63, 3.8) is 0 Å². The molecule has 0 fully saturated rings. The van der Waals surface area contributed by atoms with Gasteiger partial charge in [0.15, 0.2) is 5.71 Å². The van der Waals surface area contributed by atoms with Crippen LogP contribution in [-0.2, 0) is 9.53 Å². The van der Waals surface area contributed by atoms with E-state index in [0.717, 1.165) is 6.21 Å². The molecule has 0 aromatic rings. The minimum Gasteiger partial charge on any atom is -0.476 e. The van der Waals surface area contributed by atoms with Gasteiger partial charge in [-0.2, -0.15) is 13.9 Å². The molecule has 0 aliphatic rings. The normalized spacial score (nSPS) is 10.8. The van der Waals surface area contributed by atoms with Crippen molar-refractivity contribution in [2.24, 2.45) is 5.10 Å². The Bertz CT molecular complexity index is 232. The van der Waals surface area contributed by atoms with E-state index in [1.54, 1.807) is 0 Å². The Kier molecular flexibility index (Phi) is 6.12. The smallest absolute Gasteiger partial charge is 0.355 e. The van der Waals surface area contributed by atoms with Gasteiger partial charge in [-0.3, -0.25) is 5.41 Å². The van der Waals surface area contributed by atoms with Crippen LogP contribution in [0.2, 0.25) is 0 Å². The monoisotopic (exact) mass is 209 g/mol. The maximum absolute atomic E-state index is 11.4. The van der Waals surface area contributed by atoms with Crippen LogP contribution in [-0.4, -0.2) is 42.8 Å². The first-order chi connectivity index (χ1) is 6.54. The number of carbonyl (C=O) groups is 1. The number of carboxylic acids is 1. The molecule has 0 aromatic carbocycles. The van der Waals surface area contributed by atoms with E-state index in [1.807, 2.05) is 0 Å². The van der Waals surface area contributed by atoms with Gasteiger partial charge in [-0.15, -0.1) is 0 Å². The summed E-state index contributed by atoms with van der Waals surface area (Å²) in [4.78, 5) is 10.0. The van der Waals surface area contributed by atoms with E-state index in [1.165, 1.54) is 0 Å². The Hall–Kier alpha value is -1.57. The summed E-state index contributed by atoms with van der Waals surface area (Å²) in [6.07, 6.45) is 0.755. The minimum absolute atomic E-state index is 0.00768. The van der Waals surface area contributed by atoms with Crippen molar-refractivity contribution < 1.29 is 23.4 Å². The SMILES string of the molecule is N=C(/C=N\NCCOC(F)F)C(=O)O. The molecular formula is C6H9F2N3O3. The highest BCUT2D eigenvalue weighted by Crippen LogP contribution is 1.91. The van der Waals surface area contributed by atoms with Crippen LogP contribution in [0.25, 0.3) is 0 Å². The Balaban J connectivity index is 3.45. The molecule has 0 heterocycles. The lowest BCUT2D eigenvalue weighted by Crippen LogP contribution is -2.19. The maximum atomic E-state index is 11.4. The average molecular weight is 209 g/mol. The maximum Gasteiger partial charge on any atom is 0.355 e. The Morgan fingerprint density at radius 1 is 1.71 bits per heavy atom. The minimum atomic E-state index is -2.84.